The van der Waals surface area contributed by atoms with Crippen molar-refractivity contribution in [1.82, 2.24) is 0 Å². The van der Waals surface area contributed by atoms with E-state index in [0.717, 1.165) is 5.56 Å². The molecule has 0 spiro atoms. The second-order valence-electron chi connectivity index (χ2n) is 2.75. The van der Waals surface area contributed by atoms with Gasteiger partial charge in [-0.3, -0.25) is 0 Å². The summed E-state index contributed by atoms with van der Waals surface area (Å²) < 4.78 is 0. The van der Waals surface area contributed by atoms with Crippen LogP contribution in [0, 0.1) is 0 Å². The lowest BCUT2D eigenvalue weighted by molar-refractivity contribution is -0.466. The highest BCUT2D eigenvalue weighted by Gasteiger charge is 2.14. The molecule has 0 unspecified atom stereocenters. The summed E-state index contributed by atoms with van der Waals surface area (Å²) in [5.41, 5.74) is 0.847. The van der Waals surface area contributed by atoms with E-state index in [9.17, 15) is 0 Å². The third-order valence-electron chi connectivity index (χ3n) is 1.62. The van der Waals surface area contributed by atoms with Crippen molar-refractivity contribution in [3.05, 3.63) is 35.9 Å². The molecule has 0 saturated heterocycles. The lowest BCUT2D eigenvalue weighted by Crippen LogP contribution is -2.10. The van der Waals surface area contributed by atoms with Crippen molar-refractivity contribution in [2.75, 3.05) is 13.2 Å². The van der Waals surface area contributed by atoms with E-state index < -0.39 is 6.29 Å². The Hall–Kier alpha value is -0.940. The summed E-state index contributed by atoms with van der Waals surface area (Å²) in [6.07, 6.45) is -0.647. The maximum absolute atomic E-state index is 5.03. The molecule has 0 aliphatic rings. The van der Waals surface area contributed by atoms with E-state index in [0.29, 0.717) is 13.2 Å². The molecule has 0 aliphatic heterocycles. The monoisotopic (exact) mass is 212 g/mol. The molecule has 0 heterocycles. The van der Waals surface area contributed by atoms with Crippen molar-refractivity contribution in [3.8, 4) is 0 Å². The van der Waals surface area contributed by atoms with Gasteiger partial charge in [-0.25, -0.2) is 9.78 Å². The van der Waals surface area contributed by atoms with Crippen molar-refractivity contribution < 1.29 is 19.6 Å². The smallest absolute Gasteiger partial charge is 0.234 e. The SMILES string of the molecule is CCOOC(OOCC)c1ccccc1. The minimum atomic E-state index is -0.647. The van der Waals surface area contributed by atoms with E-state index in [1.165, 1.54) is 0 Å². The third kappa shape index (κ3) is 4.40. The maximum Gasteiger partial charge on any atom is 0.249 e. The minimum absolute atomic E-state index is 0.457. The summed E-state index contributed by atoms with van der Waals surface area (Å²) >= 11 is 0. The summed E-state index contributed by atoms with van der Waals surface area (Å²) in [6.45, 7) is 4.59. The fourth-order valence-electron chi connectivity index (χ4n) is 0.997. The van der Waals surface area contributed by atoms with Gasteiger partial charge in [-0.2, -0.15) is 9.78 Å². The molecule has 0 atom stereocenters. The van der Waals surface area contributed by atoms with Gasteiger partial charge in [-0.05, 0) is 13.8 Å². The van der Waals surface area contributed by atoms with E-state index in [1.807, 2.05) is 44.2 Å². The fourth-order valence-corrected chi connectivity index (χ4v) is 0.997. The van der Waals surface area contributed by atoms with Gasteiger partial charge < -0.3 is 0 Å². The number of benzene rings is 1. The van der Waals surface area contributed by atoms with Gasteiger partial charge in [0.2, 0.25) is 6.29 Å². The predicted molar refractivity (Wildman–Crippen MR) is 54.6 cm³/mol. The molecule has 1 rings (SSSR count). The van der Waals surface area contributed by atoms with Crippen LogP contribution < -0.4 is 0 Å². The van der Waals surface area contributed by atoms with Crippen molar-refractivity contribution in [2.24, 2.45) is 0 Å². The van der Waals surface area contributed by atoms with Crippen molar-refractivity contribution in [1.29, 1.82) is 0 Å². The molecule has 0 fully saturated rings. The molecule has 0 aromatic heterocycles. The fraction of sp³-hybridized carbons (Fsp3) is 0.455. The molecule has 0 saturated carbocycles. The number of hydrogen-bond donors (Lipinski definition) is 0. The van der Waals surface area contributed by atoms with E-state index in [4.69, 9.17) is 19.6 Å². The average Bonchev–Trinajstić information content (AvgIpc) is 2.30. The van der Waals surface area contributed by atoms with Crippen LogP contribution in [0.2, 0.25) is 0 Å². The Morgan fingerprint density at radius 2 is 1.47 bits per heavy atom. The highest BCUT2D eigenvalue weighted by atomic mass is 17.3. The standard InChI is InChI=1S/C11H16O4/c1-3-12-14-11(15-13-4-2)10-8-6-5-7-9-10/h5-9,11H,3-4H2,1-2H3. The summed E-state index contributed by atoms with van der Waals surface area (Å²) in [5.74, 6) is 0. The van der Waals surface area contributed by atoms with Crippen LogP contribution in [0.1, 0.15) is 25.7 Å². The van der Waals surface area contributed by atoms with Crippen LogP contribution in [0.15, 0.2) is 30.3 Å². The first kappa shape index (κ1) is 12.1. The van der Waals surface area contributed by atoms with Crippen LogP contribution in [-0.4, -0.2) is 13.2 Å². The van der Waals surface area contributed by atoms with Crippen LogP contribution >= 0.6 is 0 Å². The Morgan fingerprint density at radius 3 is 1.93 bits per heavy atom. The lowest BCUT2D eigenvalue weighted by atomic mass is 10.2. The summed E-state index contributed by atoms with van der Waals surface area (Å²) in [4.78, 5) is 19.7. The normalized spacial score (nSPS) is 10.9. The van der Waals surface area contributed by atoms with E-state index >= 15 is 0 Å². The summed E-state index contributed by atoms with van der Waals surface area (Å²) in [7, 11) is 0. The molecule has 0 N–H and O–H groups in total. The van der Waals surface area contributed by atoms with Crippen LogP contribution in [0.25, 0.3) is 0 Å². The van der Waals surface area contributed by atoms with E-state index in [-0.39, 0.29) is 0 Å². The number of hydrogen-bond acceptors (Lipinski definition) is 4. The van der Waals surface area contributed by atoms with Crippen LogP contribution in [0.3, 0.4) is 0 Å². The lowest BCUT2D eigenvalue weighted by Gasteiger charge is -2.15. The van der Waals surface area contributed by atoms with Crippen molar-refractivity contribution in [3.63, 3.8) is 0 Å². The van der Waals surface area contributed by atoms with Gasteiger partial charge in [0, 0.05) is 5.56 Å². The zero-order valence-corrected chi connectivity index (χ0v) is 9.01. The Labute approximate surface area is 89.6 Å². The number of rotatable bonds is 7. The summed E-state index contributed by atoms with van der Waals surface area (Å²) in [5, 5.41) is 0. The first-order chi connectivity index (χ1) is 7.38. The van der Waals surface area contributed by atoms with Gasteiger partial charge in [-0.15, -0.1) is 0 Å². The van der Waals surface area contributed by atoms with Crippen molar-refractivity contribution >= 4 is 0 Å². The quantitative estimate of drug-likeness (QED) is 0.395. The molecule has 0 aliphatic carbocycles. The maximum atomic E-state index is 5.03. The molecular weight excluding hydrogens is 196 g/mol. The molecule has 4 nitrogen and oxygen atoms in total. The van der Waals surface area contributed by atoms with Crippen molar-refractivity contribution in [2.45, 2.75) is 20.1 Å². The van der Waals surface area contributed by atoms with Gasteiger partial charge in [0.25, 0.3) is 0 Å². The topological polar surface area (TPSA) is 36.9 Å². The summed E-state index contributed by atoms with van der Waals surface area (Å²) in [6, 6.07) is 9.47. The first-order valence-corrected chi connectivity index (χ1v) is 5.00. The highest BCUT2D eigenvalue weighted by molar-refractivity contribution is 5.15. The van der Waals surface area contributed by atoms with Gasteiger partial charge in [-0.1, -0.05) is 30.3 Å². The Morgan fingerprint density at radius 1 is 0.933 bits per heavy atom. The third-order valence-corrected chi connectivity index (χ3v) is 1.62. The molecule has 0 bridgehead atoms. The minimum Gasteiger partial charge on any atom is -0.234 e. The van der Waals surface area contributed by atoms with Gasteiger partial charge in [0.05, 0.1) is 13.2 Å². The second kappa shape index (κ2) is 7.36. The first-order valence-electron chi connectivity index (χ1n) is 5.00. The molecule has 0 amide bonds. The largest absolute Gasteiger partial charge is 0.249 e. The molecule has 84 valence electrons. The predicted octanol–water partition coefficient (Wildman–Crippen LogP) is 2.62. The molecule has 4 heteroatoms. The van der Waals surface area contributed by atoms with Crippen LogP contribution in [0.4, 0.5) is 0 Å². The second-order valence-corrected chi connectivity index (χ2v) is 2.75. The Balaban J connectivity index is 2.55. The van der Waals surface area contributed by atoms with E-state index in [2.05, 4.69) is 0 Å². The Bertz CT molecular complexity index is 242. The van der Waals surface area contributed by atoms with E-state index in [1.54, 1.807) is 0 Å². The molecule has 15 heavy (non-hydrogen) atoms. The zero-order chi connectivity index (χ0) is 10.9. The Kier molecular flexibility index (Phi) is 5.96. The van der Waals surface area contributed by atoms with Crippen LogP contribution in [-0.2, 0) is 19.6 Å². The van der Waals surface area contributed by atoms with Gasteiger partial charge in [0.15, 0.2) is 0 Å². The molecule has 1 aromatic carbocycles. The zero-order valence-electron chi connectivity index (χ0n) is 9.01. The average molecular weight is 212 g/mol. The molecule has 0 radical (unpaired) electrons. The molecule has 1 aromatic rings. The van der Waals surface area contributed by atoms with Gasteiger partial charge in [0.1, 0.15) is 0 Å². The van der Waals surface area contributed by atoms with Crippen LogP contribution in [0.5, 0.6) is 0 Å². The van der Waals surface area contributed by atoms with Gasteiger partial charge >= 0.3 is 0 Å². The molecular formula is C11H16O4. The highest BCUT2D eigenvalue weighted by Crippen LogP contribution is 2.18.